The summed E-state index contributed by atoms with van der Waals surface area (Å²) in [5.41, 5.74) is 0.193. The number of H-pyrrole nitrogens is 1. The van der Waals surface area contributed by atoms with Gasteiger partial charge in [0.2, 0.25) is 10.0 Å². The topological polar surface area (TPSA) is 108 Å². The summed E-state index contributed by atoms with van der Waals surface area (Å²) in [5, 5.41) is 2.45. The van der Waals surface area contributed by atoms with Crippen LogP contribution in [0.15, 0.2) is 16.9 Å². The van der Waals surface area contributed by atoms with Crippen LogP contribution >= 0.6 is 0 Å². The molecule has 100 valence electrons. The van der Waals surface area contributed by atoms with Gasteiger partial charge < -0.3 is 10.3 Å². The fraction of sp³-hybridized carbons (Fsp3) is 0.400. The van der Waals surface area contributed by atoms with Crippen LogP contribution in [0, 0.1) is 6.92 Å². The Bertz CT molecular complexity index is 591. The van der Waals surface area contributed by atoms with E-state index in [-0.39, 0.29) is 18.7 Å². The first-order valence-corrected chi connectivity index (χ1v) is 7.11. The average molecular weight is 273 g/mol. The monoisotopic (exact) mass is 273 g/mol. The maximum Gasteiger partial charge on any atom is 0.260 e. The molecule has 3 N–H and O–H groups in total. The first-order chi connectivity index (χ1) is 8.29. The van der Waals surface area contributed by atoms with Crippen molar-refractivity contribution < 1.29 is 13.2 Å². The van der Waals surface area contributed by atoms with Gasteiger partial charge in [-0.15, -0.1) is 0 Å². The second-order valence-electron chi connectivity index (χ2n) is 3.81. The summed E-state index contributed by atoms with van der Waals surface area (Å²) in [6.07, 6.45) is 1.03. The highest BCUT2D eigenvalue weighted by Gasteiger charge is 2.09. The van der Waals surface area contributed by atoms with Gasteiger partial charge in [-0.2, -0.15) is 0 Å². The Balaban J connectivity index is 2.54. The minimum absolute atomic E-state index is 0.0000411. The number of hydrogen-bond donors (Lipinski definition) is 3. The zero-order valence-corrected chi connectivity index (χ0v) is 10.9. The Morgan fingerprint density at radius 3 is 2.56 bits per heavy atom. The van der Waals surface area contributed by atoms with Crippen LogP contribution in [-0.2, 0) is 10.0 Å². The summed E-state index contributed by atoms with van der Waals surface area (Å²) in [4.78, 5) is 25.5. The number of nitrogens with one attached hydrogen (secondary N) is 3. The quantitative estimate of drug-likeness (QED) is 0.596. The van der Waals surface area contributed by atoms with E-state index < -0.39 is 21.5 Å². The standard InChI is InChI=1S/C10H15N3O4S/c1-7-3-4-8(10(15)13-7)9(14)11-5-6-12-18(2,16)17/h3-4,12H,5-6H2,1-2H3,(H,11,14)(H,13,15). The van der Waals surface area contributed by atoms with E-state index in [1.165, 1.54) is 6.07 Å². The number of carbonyl (C=O) groups is 1. The SMILES string of the molecule is Cc1ccc(C(=O)NCCNS(C)(=O)=O)c(=O)[nH]1. The zero-order valence-electron chi connectivity index (χ0n) is 10.1. The molecule has 18 heavy (non-hydrogen) atoms. The summed E-state index contributed by atoms with van der Waals surface area (Å²) in [7, 11) is -3.27. The fourth-order valence-corrected chi connectivity index (χ4v) is 1.73. The molecule has 1 amide bonds. The predicted octanol–water partition coefficient (Wildman–Crippen LogP) is -1.04. The van der Waals surface area contributed by atoms with Crippen LogP contribution in [0.1, 0.15) is 16.1 Å². The molecule has 0 radical (unpaired) electrons. The van der Waals surface area contributed by atoms with E-state index in [1.807, 2.05) is 0 Å². The normalized spacial score (nSPS) is 11.2. The molecule has 0 saturated heterocycles. The Hall–Kier alpha value is -1.67. The van der Waals surface area contributed by atoms with E-state index in [4.69, 9.17) is 0 Å². The fourth-order valence-electron chi connectivity index (χ4n) is 1.26. The van der Waals surface area contributed by atoms with Crippen molar-refractivity contribution in [1.29, 1.82) is 0 Å². The van der Waals surface area contributed by atoms with E-state index in [0.717, 1.165) is 6.26 Å². The molecule has 1 heterocycles. The van der Waals surface area contributed by atoms with Gasteiger partial charge in [0, 0.05) is 18.8 Å². The van der Waals surface area contributed by atoms with E-state index in [9.17, 15) is 18.0 Å². The molecule has 0 aromatic carbocycles. The van der Waals surface area contributed by atoms with Crippen LogP contribution < -0.4 is 15.6 Å². The Labute approximate surface area is 105 Å². The first-order valence-electron chi connectivity index (χ1n) is 5.22. The summed E-state index contributed by atoms with van der Waals surface area (Å²) in [5.74, 6) is -0.536. The average Bonchev–Trinajstić information content (AvgIpc) is 2.22. The molecular formula is C10H15N3O4S. The molecule has 0 unspecified atom stereocenters. The van der Waals surface area contributed by atoms with Gasteiger partial charge in [0.05, 0.1) is 6.26 Å². The third kappa shape index (κ3) is 4.68. The molecule has 0 bridgehead atoms. The smallest absolute Gasteiger partial charge is 0.260 e. The number of aromatic amines is 1. The summed E-state index contributed by atoms with van der Waals surface area (Å²) < 4.78 is 23.7. The van der Waals surface area contributed by atoms with Gasteiger partial charge >= 0.3 is 0 Å². The highest BCUT2D eigenvalue weighted by atomic mass is 32.2. The van der Waals surface area contributed by atoms with Gasteiger partial charge in [0.25, 0.3) is 11.5 Å². The minimum Gasteiger partial charge on any atom is -0.351 e. The lowest BCUT2D eigenvalue weighted by Gasteiger charge is -2.05. The van der Waals surface area contributed by atoms with Gasteiger partial charge in [0.1, 0.15) is 5.56 Å². The second kappa shape index (κ2) is 5.78. The van der Waals surface area contributed by atoms with Gasteiger partial charge in [-0.1, -0.05) is 0 Å². The Morgan fingerprint density at radius 1 is 1.33 bits per heavy atom. The maximum atomic E-state index is 11.6. The number of hydrogen-bond acceptors (Lipinski definition) is 4. The Kier molecular flexibility index (Phi) is 4.62. The lowest BCUT2D eigenvalue weighted by atomic mass is 10.2. The third-order valence-corrected chi connectivity index (χ3v) is 2.80. The van der Waals surface area contributed by atoms with Gasteiger partial charge in [-0.25, -0.2) is 13.1 Å². The van der Waals surface area contributed by atoms with Crippen LogP contribution in [0.5, 0.6) is 0 Å². The number of aryl methyl sites for hydroxylation is 1. The molecule has 0 spiro atoms. The van der Waals surface area contributed by atoms with E-state index in [0.29, 0.717) is 5.69 Å². The maximum absolute atomic E-state index is 11.6. The number of amides is 1. The summed E-state index contributed by atoms with van der Waals surface area (Å²) in [6.45, 7) is 1.90. The zero-order chi connectivity index (χ0) is 13.8. The van der Waals surface area contributed by atoms with Crippen LogP contribution in [0.4, 0.5) is 0 Å². The van der Waals surface area contributed by atoms with Gasteiger partial charge in [-0.05, 0) is 19.1 Å². The molecule has 0 aliphatic rings. The third-order valence-electron chi connectivity index (χ3n) is 2.07. The molecule has 0 fully saturated rings. The molecule has 1 rings (SSSR count). The lowest BCUT2D eigenvalue weighted by Crippen LogP contribution is -2.36. The van der Waals surface area contributed by atoms with Crippen LogP contribution in [-0.4, -0.2) is 38.7 Å². The van der Waals surface area contributed by atoms with Crippen LogP contribution in [0.25, 0.3) is 0 Å². The lowest BCUT2D eigenvalue weighted by molar-refractivity contribution is 0.0953. The van der Waals surface area contributed by atoms with Crippen molar-refractivity contribution in [3.8, 4) is 0 Å². The van der Waals surface area contributed by atoms with Crippen molar-refractivity contribution in [2.24, 2.45) is 0 Å². The molecule has 8 heteroatoms. The summed E-state index contributed by atoms with van der Waals surface area (Å²) in [6, 6.07) is 3.04. The van der Waals surface area contributed by atoms with Crippen molar-refractivity contribution >= 4 is 15.9 Å². The summed E-state index contributed by atoms with van der Waals surface area (Å²) >= 11 is 0. The molecule has 7 nitrogen and oxygen atoms in total. The number of sulfonamides is 1. The molecular weight excluding hydrogens is 258 g/mol. The van der Waals surface area contributed by atoms with Gasteiger partial charge in [-0.3, -0.25) is 9.59 Å². The van der Waals surface area contributed by atoms with Crippen molar-refractivity contribution in [3.63, 3.8) is 0 Å². The largest absolute Gasteiger partial charge is 0.351 e. The van der Waals surface area contributed by atoms with E-state index >= 15 is 0 Å². The first kappa shape index (κ1) is 14.4. The highest BCUT2D eigenvalue weighted by molar-refractivity contribution is 7.88. The van der Waals surface area contributed by atoms with Gasteiger partial charge in [0.15, 0.2) is 0 Å². The predicted molar refractivity (Wildman–Crippen MR) is 67.0 cm³/mol. The number of aromatic nitrogens is 1. The van der Waals surface area contributed by atoms with Crippen molar-refractivity contribution in [3.05, 3.63) is 33.7 Å². The highest BCUT2D eigenvalue weighted by Crippen LogP contribution is 1.93. The van der Waals surface area contributed by atoms with Crippen LogP contribution in [0.2, 0.25) is 0 Å². The van der Waals surface area contributed by atoms with E-state index in [1.54, 1.807) is 13.0 Å². The number of carbonyl (C=O) groups excluding carboxylic acids is 1. The van der Waals surface area contributed by atoms with E-state index in [2.05, 4.69) is 15.0 Å². The Morgan fingerprint density at radius 2 is 2.00 bits per heavy atom. The number of pyridine rings is 1. The molecule has 1 aromatic rings. The van der Waals surface area contributed by atoms with Crippen molar-refractivity contribution in [2.45, 2.75) is 6.92 Å². The van der Waals surface area contributed by atoms with Crippen molar-refractivity contribution in [1.82, 2.24) is 15.0 Å². The van der Waals surface area contributed by atoms with Crippen molar-refractivity contribution in [2.75, 3.05) is 19.3 Å². The molecule has 0 aliphatic heterocycles. The molecule has 0 atom stereocenters. The molecule has 1 aromatic heterocycles. The second-order valence-corrected chi connectivity index (χ2v) is 5.64. The van der Waals surface area contributed by atoms with Crippen LogP contribution in [0.3, 0.4) is 0 Å². The number of rotatable bonds is 5. The molecule has 0 saturated carbocycles. The molecule has 0 aliphatic carbocycles. The minimum atomic E-state index is -3.27.